The molecule has 2 unspecified atom stereocenters. The van der Waals surface area contributed by atoms with Gasteiger partial charge in [-0.2, -0.15) is 8.78 Å². The normalized spacial score (nSPS) is 13.4. The first-order valence-electron chi connectivity index (χ1n) is 8.24. The molecule has 0 saturated heterocycles. The number of hydrogen-bond acceptors (Lipinski definition) is 5. The number of hydrogen-bond donors (Lipinski definition) is 3. The Kier molecular flexibility index (Phi) is 8.68. The van der Waals surface area contributed by atoms with E-state index < -0.39 is 37.2 Å². The van der Waals surface area contributed by atoms with E-state index in [-0.39, 0.29) is 5.56 Å². The van der Waals surface area contributed by atoms with Crippen LogP contribution in [0, 0.1) is 0 Å². The quantitative estimate of drug-likeness (QED) is 0.315. The van der Waals surface area contributed by atoms with Crippen LogP contribution in [0.3, 0.4) is 0 Å². The van der Waals surface area contributed by atoms with E-state index in [0.29, 0.717) is 6.54 Å². The molecule has 3 N–H and O–H groups in total. The number of nitrogens with zero attached hydrogens (tertiary/aromatic N) is 1. The van der Waals surface area contributed by atoms with Crippen molar-refractivity contribution < 1.29 is 27.5 Å². The fraction of sp³-hybridized carbons (Fsp3) is 0.333. The van der Waals surface area contributed by atoms with E-state index >= 15 is 0 Å². The number of aromatic nitrogens is 1. The predicted octanol–water partition coefficient (Wildman–Crippen LogP) is 3.17. The maximum Gasteiger partial charge on any atom is 0.315 e. The summed E-state index contributed by atoms with van der Waals surface area (Å²) in [5, 5.41) is 11.9. The van der Waals surface area contributed by atoms with Gasteiger partial charge < -0.3 is 10.4 Å². The van der Waals surface area contributed by atoms with Crippen molar-refractivity contribution in [1.82, 2.24) is 15.0 Å². The van der Waals surface area contributed by atoms with Crippen LogP contribution in [0.5, 0.6) is 0 Å². The molecule has 0 radical (unpaired) electrons. The van der Waals surface area contributed by atoms with Crippen LogP contribution in [0.15, 0.2) is 42.6 Å². The highest BCUT2D eigenvalue weighted by atomic mass is 32.2. The van der Waals surface area contributed by atoms with Crippen molar-refractivity contribution in [3.63, 3.8) is 0 Å². The number of alkyl halides is 4. The van der Waals surface area contributed by atoms with Crippen molar-refractivity contribution in [2.45, 2.75) is 25.1 Å². The van der Waals surface area contributed by atoms with Crippen LogP contribution in [0.1, 0.15) is 17.4 Å². The Hall–Kier alpha value is -2.17. The number of carbonyl (C=O) groups is 1. The number of halogens is 4. The SMILES string of the molecule is O=C(NC(CF)C(O)c1ccc(-c2ccc(CNSCF)nc2)cc1)C(F)F. The predicted molar refractivity (Wildman–Crippen MR) is 98.9 cm³/mol. The van der Waals surface area contributed by atoms with Gasteiger partial charge in [-0.05, 0) is 29.1 Å². The number of pyridine rings is 1. The Labute approximate surface area is 163 Å². The summed E-state index contributed by atoms with van der Waals surface area (Å²) >= 11 is 0.942. The average Bonchev–Trinajstić information content (AvgIpc) is 2.72. The zero-order valence-electron chi connectivity index (χ0n) is 14.6. The number of aliphatic hydroxyl groups is 1. The lowest BCUT2D eigenvalue weighted by Crippen LogP contribution is -2.43. The molecule has 1 aromatic carbocycles. The minimum absolute atomic E-state index is 0.276. The van der Waals surface area contributed by atoms with Gasteiger partial charge in [0.15, 0.2) is 0 Å². The van der Waals surface area contributed by atoms with Gasteiger partial charge in [0.1, 0.15) is 18.8 Å². The standard InChI is InChI=1S/C18H19F4N3O2S/c19-7-15(25-18(27)17(21)22)16(26)12-3-1-11(2-4-12)13-5-6-14(23-8-13)9-24-28-10-20/h1-6,8,15-17,24,26H,7,9-10H2,(H,25,27). The molecule has 1 aromatic heterocycles. The number of carbonyl (C=O) groups excluding carboxylic acids is 1. The third-order valence-corrected chi connectivity index (χ3v) is 4.35. The molecule has 10 heteroatoms. The molecular formula is C18H19F4N3O2S. The van der Waals surface area contributed by atoms with Gasteiger partial charge in [-0.3, -0.25) is 14.5 Å². The van der Waals surface area contributed by atoms with Gasteiger partial charge in [0.25, 0.3) is 5.91 Å². The minimum atomic E-state index is -3.29. The van der Waals surface area contributed by atoms with Gasteiger partial charge in [-0.1, -0.05) is 30.3 Å². The highest BCUT2D eigenvalue weighted by Crippen LogP contribution is 2.23. The second-order valence-corrected chi connectivity index (χ2v) is 6.55. The van der Waals surface area contributed by atoms with Crippen LogP contribution in [-0.2, 0) is 11.3 Å². The molecule has 0 aliphatic rings. The maximum atomic E-state index is 13.1. The molecule has 1 heterocycles. The van der Waals surface area contributed by atoms with Gasteiger partial charge in [0.2, 0.25) is 0 Å². The Morgan fingerprint density at radius 2 is 1.79 bits per heavy atom. The summed E-state index contributed by atoms with van der Waals surface area (Å²) < 4.78 is 52.5. The summed E-state index contributed by atoms with van der Waals surface area (Å²) in [6, 6.07) is 7.96. The molecule has 152 valence electrons. The second kappa shape index (κ2) is 11.0. The van der Waals surface area contributed by atoms with Crippen molar-refractivity contribution in [3.05, 3.63) is 53.9 Å². The molecule has 0 fully saturated rings. The summed E-state index contributed by atoms with van der Waals surface area (Å²) in [5.74, 6) is -1.64. The van der Waals surface area contributed by atoms with Crippen molar-refractivity contribution in [3.8, 4) is 11.1 Å². The lowest BCUT2D eigenvalue weighted by molar-refractivity contribution is -0.133. The zero-order chi connectivity index (χ0) is 20.5. The van der Waals surface area contributed by atoms with E-state index in [1.165, 1.54) is 12.1 Å². The number of amides is 1. The minimum Gasteiger partial charge on any atom is -0.386 e. The molecule has 0 spiro atoms. The summed E-state index contributed by atoms with van der Waals surface area (Å²) in [4.78, 5) is 15.3. The van der Waals surface area contributed by atoms with Gasteiger partial charge in [0, 0.05) is 18.3 Å². The Morgan fingerprint density at radius 3 is 2.32 bits per heavy atom. The van der Waals surface area contributed by atoms with Gasteiger partial charge in [0.05, 0.1) is 11.7 Å². The molecule has 2 atom stereocenters. The van der Waals surface area contributed by atoms with Crippen LogP contribution in [0.25, 0.3) is 11.1 Å². The second-order valence-electron chi connectivity index (χ2n) is 5.75. The summed E-state index contributed by atoms with van der Waals surface area (Å²) in [6.45, 7) is -0.781. The molecule has 0 saturated carbocycles. The van der Waals surface area contributed by atoms with E-state index in [1.807, 2.05) is 6.07 Å². The van der Waals surface area contributed by atoms with Crippen LogP contribution >= 0.6 is 11.9 Å². The highest BCUT2D eigenvalue weighted by Gasteiger charge is 2.26. The first-order valence-corrected chi connectivity index (χ1v) is 9.23. The Morgan fingerprint density at radius 1 is 1.11 bits per heavy atom. The summed E-state index contributed by atoms with van der Waals surface area (Å²) in [5.41, 5.74) is 2.57. The molecule has 2 aromatic rings. The monoisotopic (exact) mass is 417 g/mol. The van der Waals surface area contributed by atoms with Gasteiger partial charge in [-0.25, -0.2) is 8.78 Å². The fourth-order valence-corrected chi connectivity index (χ4v) is 2.74. The van der Waals surface area contributed by atoms with Crippen molar-refractivity contribution >= 4 is 17.9 Å². The lowest BCUT2D eigenvalue weighted by atomic mass is 9.99. The number of benzene rings is 1. The van der Waals surface area contributed by atoms with E-state index in [0.717, 1.165) is 28.8 Å². The number of nitrogens with one attached hydrogen (secondary N) is 2. The summed E-state index contributed by atoms with van der Waals surface area (Å²) in [6.07, 6.45) is -3.12. The van der Waals surface area contributed by atoms with E-state index in [1.54, 1.807) is 29.7 Å². The van der Waals surface area contributed by atoms with Crippen LogP contribution in [-0.4, -0.2) is 41.1 Å². The summed E-state index contributed by atoms with van der Waals surface area (Å²) in [7, 11) is 0. The molecule has 0 aliphatic heterocycles. The zero-order valence-corrected chi connectivity index (χ0v) is 15.4. The molecule has 1 amide bonds. The highest BCUT2D eigenvalue weighted by molar-refractivity contribution is 7.97. The van der Waals surface area contributed by atoms with Crippen LogP contribution < -0.4 is 10.0 Å². The topological polar surface area (TPSA) is 74.2 Å². The lowest BCUT2D eigenvalue weighted by Gasteiger charge is -2.22. The van der Waals surface area contributed by atoms with Crippen molar-refractivity contribution in [2.24, 2.45) is 0 Å². The van der Waals surface area contributed by atoms with Crippen molar-refractivity contribution in [1.29, 1.82) is 0 Å². The van der Waals surface area contributed by atoms with E-state index in [2.05, 4.69) is 9.71 Å². The van der Waals surface area contributed by atoms with Gasteiger partial charge in [-0.15, -0.1) is 0 Å². The smallest absolute Gasteiger partial charge is 0.315 e. The third kappa shape index (κ3) is 6.18. The third-order valence-electron chi connectivity index (χ3n) is 3.89. The maximum absolute atomic E-state index is 13.1. The van der Waals surface area contributed by atoms with Crippen LogP contribution in [0.2, 0.25) is 0 Å². The van der Waals surface area contributed by atoms with Crippen molar-refractivity contribution in [2.75, 3.05) is 12.7 Å². The van der Waals surface area contributed by atoms with E-state index in [4.69, 9.17) is 0 Å². The van der Waals surface area contributed by atoms with Crippen LogP contribution in [0.4, 0.5) is 17.6 Å². The molecule has 2 rings (SSSR count). The number of rotatable bonds is 10. The fourth-order valence-electron chi connectivity index (χ4n) is 2.42. The van der Waals surface area contributed by atoms with Gasteiger partial charge >= 0.3 is 6.43 Å². The molecule has 5 nitrogen and oxygen atoms in total. The Balaban J connectivity index is 2.04. The Bertz CT molecular complexity index is 748. The molecule has 28 heavy (non-hydrogen) atoms. The first kappa shape index (κ1) is 22.1. The molecular weight excluding hydrogens is 398 g/mol. The largest absolute Gasteiger partial charge is 0.386 e. The molecule has 0 bridgehead atoms. The average molecular weight is 417 g/mol. The number of aliphatic hydroxyl groups excluding tert-OH is 1. The van der Waals surface area contributed by atoms with E-state index in [9.17, 15) is 27.5 Å². The first-order chi connectivity index (χ1) is 13.5. The molecule has 0 aliphatic carbocycles.